The van der Waals surface area contributed by atoms with Crippen LogP contribution in [0.5, 0.6) is 5.75 Å². The lowest BCUT2D eigenvalue weighted by Gasteiger charge is -2.10. The van der Waals surface area contributed by atoms with Crippen molar-refractivity contribution in [1.29, 1.82) is 5.26 Å². The van der Waals surface area contributed by atoms with E-state index in [-0.39, 0.29) is 22.1 Å². The Morgan fingerprint density at radius 3 is 2.76 bits per heavy atom. The number of nitrogens with zero attached hydrogens (tertiary/aromatic N) is 1. The van der Waals surface area contributed by atoms with Gasteiger partial charge in [-0.25, -0.2) is 4.79 Å². The number of esters is 1. The SMILES string of the molecule is N#CCSc1ccccc1NC(=O)COC(=O)c1ccc(Cl)cc1O. The number of halogens is 1. The molecule has 0 unspecified atom stereocenters. The molecular weight excluding hydrogens is 364 g/mol. The van der Waals surface area contributed by atoms with Crippen LogP contribution in [0.15, 0.2) is 47.4 Å². The van der Waals surface area contributed by atoms with Gasteiger partial charge in [0.05, 0.1) is 17.5 Å². The number of thioether (sulfide) groups is 1. The van der Waals surface area contributed by atoms with Crippen LogP contribution in [-0.4, -0.2) is 29.3 Å². The van der Waals surface area contributed by atoms with Crippen molar-refractivity contribution in [3.05, 3.63) is 53.1 Å². The minimum Gasteiger partial charge on any atom is -0.507 e. The number of nitriles is 1. The molecule has 128 valence electrons. The van der Waals surface area contributed by atoms with E-state index in [9.17, 15) is 14.7 Å². The average molecular weight is 377 g/mol. The largest absolute Gasteiger partial charge is 0.507 e. The van der Waals surface area contributed by atoms with Gasteiger partial charge in [0.2, 0.25) is 0 Å². The molecule has 0 saturated carbocycles. The number of phenols is 1. The molecule has 1 amide bonds. The van der Waals surface area contributed by atoms with E-state index >= 15 is 0 Å². The van der Waals surface area contributed by atoms with E-state index in [0.29, 0.717) is 5.69 Å². The van der Waals surface area contributed by atoms with Crippen LogP contribution < -0.4 is 5.32 Å². The van der Waals surface area contributed by atoms with Crippen LogP contribution in [0.3, 0.4) is 0 Å². The number of phenolic OH excluding ortho intramolecular Hbond substituents is 1. The van der Waals surface area contributed by atoms with Gasteiger partial charge in [0.25, 0.3) is 5.91 Å². The van der Waals surface area contributed by atoms with Gasteiger partial charge in [-0.05, 0) is 30.3 Å². The first-order valence-corrected chi connectivity index (χ1v) is 8.42. The first kappa shape index (κ1) is 18.6. The highest BCUT2D eigenvalue weighted by atomic mass is 35.5. The molecule has 0 bridgehead atoms. The van der Waals surface area contributed by atoms with Gasteiger partial charge in [0, 0.05) is 9.92 Å². The lowest BCUT2D eigenvalue weighted by Crippen LogP contribution is -2.21. The summed E-state index contributed by atoms with van der Waals surface area (Å²) in [4.78, 5) is 24.6. The van der Waals surface area contributed by atoms with Crippen LogP contribution in [0, 0.1) is 11.3 Å². The number of hydrogen-bond acceptors (Lipinski definition) is 6. The van der Waals surface area contributed by atoms with E-state index in [4.69, 9.17) is 21.6 Å². The van der Waals surface area contributed by atoms with Gasteiger partial charge in [-0.1, -0.05) is 23.7 Å². The monoisotopic (exact) mass is 376 g/mol. The molecule has 0 aliphatic rings. The highest BCUT2D eigenvalue weighted by Gasteiger charge is 2.15. The van der Waals surface area contributed by atoms with E-state index in [1.54, 1.807) is 24.3 Å². The molecule has 2 N–H and O–H groups in total. The van der Waals surface area contributed by atoms with Gasteiger partial charge in [-0.2, -0.15) is 5.26 Å². The highest BCUT2D eigenvalue weighted by Crippen LogP contribution is 2.26. The molecule has 0 fully saturated rings. The molecule has 0 heterocycles. The van der Waals surface area contributed by atoms with Crippen molar-refractivity contribution in [3.8, 4) is 11.8 Å². The van der Waals surface area contributed by atoms with Crippen molar-refractivity contribution in [3.63, 3.8) is 0 Å². The number of hydrogen-bond donors (Lipinski definition) is 2. The van der Waals surface area contributed by atoms with Gasteiger partial charge in [-0.3, -0.25) is 4.79 Å². The zero-order valence-corrected chi connectivity index (χ0v) is 14.4. The van der Waals surface area contributed by atoms with Gasteiger partial charge < -0.3 is 15.2 Å². The van der Waals surface area contributed by atoms with Crippen LogP contribution in [0.2, 0.25) is 5.02 Å². The third-order valence-corrected chi connectivity index (χ3v) is 4.14. The Bertz CT molecular complexity index is 836. The normalized spacial score (nSPS) is 9.92. The number of carbonyl (C=O) groups is 2. The summed E-state index contributed by atoms with van der Waals surface area (Å²) in [5.41, 5.74) is 0.445. The van der Waals surface area contributed by atoms with Gasteiger partial charge in [0.15, 0.2) is 6.61 Å². The summed E-state index contributed by atoms with van der Waals surface area (Å²) < 4.78 is 4.89. The van der Waals surface area contributed by atoms with Crippen LogP contribution in [0.25, 0.3) is 0 Å². The number of benzene rings is 2. The standard InChI is InChI=1S/C17H13ClN2O4S/c18-11-5-6-12(14(21)9-11)17(23)24-10-16(22)20-13-3-1-2-4-15(13)25-8-7-19/h1-6,9,21H,8,10H2,(H,20,22). The molecule has 8 heteroatoms. The number of rotatable bonds is 6. The van der Waals surface area contributed by atoms with Gasteiger partial charge in [-0.15, -0.1) is 11.8 Å². The molecule has 0 radical (unpaired) electrons. The molecule has 25 heavy (non-hydrogen) atoms. The second-order valence-corrected chi connectivity index (χ2v) is 6.18. The Morgan fingerprint density at radius 1 is 1.28 bits per heavy atom. The fourth-order valence-electron chi connectivity index (χ4n) is 1.88. The zero-order chi connectivity index (χ0) is 18.2. The third kappa shape index (κ3) is 5.41. The maximum absolute atomic E-state index is 12.0. The van der Waals surface area contributed by atoms with E-state index in [1.165, 1.54) is 30.0 Å². The lowest BCUT2D eigenvalue weighted by atomic mass is 10.2. The number of anilines is 1. The minimum absolute atomic E-state index is 0.0813. The highest BCUT2D eigenvalue weighted by molar-refractivity contribution is 7.99. The first-order valence-electron chi connectivity index (χ1n) is 7.05. The predicted octanol–water partition coefficient (Wildman–Crippen LogP) is 3.46. The van der Waals surface area contributed by atoms with Crippen molar-refractivity contribution < 1.29 is 19.4 Å². The predicted molar refractivity (Wildman–Crippen MR) is 94.8 cm³/mol. The van der Waals surface area contributed by atoms with Crippen molar-refractivity contribution in [2.75, 3.05) is 17.7 Å². The maximum Gasteiger partial charge on any atom is 0.342 e. The van der Waals surface area contributed by atoms with Crippen LogP contribution >= 0.6 is 23.4 Å². The molecule has 2 aromatic rings. The molecule has 0 saturated heterocycles. The Balaban J connectivity index is 1.95. The summed E-state index contributed by atoms with van der Waals surface area (Å²) in [5, 5.41) is 21.2. The Hall–Kier alpha value is -2.69. The van der Waals surface area contributed by atoms with Crippen molar-refractivity contribution in [1.82, 2.24) is 0 Å². The van der Waals surface area contributed by atoms with Crippen molar-refractivity contribution >= 4 is 40.9 Å². The molecule has 6 nitrogen and oxygen atoms in total. The Kier molecular flexibility index (Phi) is 6.69. The fourth-order valence-corrected chi connectivity index (χ4v) is 2.71. The minimum atomic E-state index is -0.837. The Labute approximate surface area is 153 Å². The molecule has 0 atom stereocenters. The third-order valence-electron chi connectivity index (χ3n) is 2.97. The molecule has 0 aromatic heterocycles. The summed E-state index contributed by atoms with van der Waals surface area (Å²) in [6.07, 6.45) is 0. The van der Waals surface area contributed by atoms with Gasteiger partial charge >= 0.3 is 5.97 Å². The number of amides is 1. The van der Waals surface area contributed by atoms with Gasteiger partial charge in [0.1, 0.15) is 11.3 Å². The van der Waals surface area contributed by atoms with Crippen molar-refractivity contribution in [2.24, 2.45) is 0 Å². The van der Waals surface area contributed by atoms with E-state index in [2.05, 4.69) is 5.32 Å². The van der Waals surface area contributed by atoms with Crippen LogP contribution in [0.4, 0.5) is 5.69 Å². The number of aromatic hydroxyl groups is 1. The molecule has 2 rings (SSSR count). The zero-order valence-electron chi connectivity index (χ0n) is 12.9. The maximum atomic E-state index is 12.0. The van der Waals surface area contributed by atoms with E-state index < -0.39 is 18.5 Å². The smallest absolute Gasteiger partial charge is 0.342 e. The number of ether oxygens (including phenoxy) is 1. The summed E-state index contributed by atoms with van der Waals surface area (Å²) in [5.74, 6) is -1.45. The average Bonchev–Trinajstić information content (AvgIpc) is 2.59. The number of nitrogens with one attached hydrogen (secondary N) is 1. The first-order chi connectivity index (χ1) is 12.0. The van der Waals surface area contributed by atoms with Crippen molar-refractivity contribution in [2.45, 2.75) is 4.90 Å². The summed E-state index contributed by atoms with van der Waals surface area (Å²) in [6.45, 7) is -0.516. The van der Waals surface area contributed by atoms with Crippen LogP contribution in [0.1, 0.15) is 10.4 Å². The number of para-hydroxylation sites is 1. The summed E-state index contributed by atoms with van der Waals surface area (Å²) in [7, 11) is 0. The Morgan fingerprint density at radius 2 is 2.04 bits per heavy atom. The topological polar surface area (TPSA) is 99.4 Å². The second kappa shape index (κ2) is 8.97. The van der Waals surface area contributed by atoms with E-state index in [1.807, 2.05) is 6.07 Å². The molecule has 2 aromatic carbocycles. The summed E-state index contributed by atoms with van der Waals surface area (Å²) >= 11 is 6.98. The molecule has 0 aliphatic carbocycles. The van der Waals surface area contributed by atoms with Crippen LogP contribution in [-0.2, 0) is 9.53 Å². The summed E-state index contributed by atoms with van der Waals surface area (Å²) in [6, 6.07) is 13.0. The van der Waals surface area contributed by atoms with E-state index in [0.717, 1.165) is 4.90 Å². The number of carbonyl (C=O) groups excluding carboxylic acids is 2. The molecule has 0 aliphatic heterocycles. The quantitative estimate of drug-likeness (QED) is 0.591. The lowest BCUT2D eigenvalue weighted by molar-refractivity contribution is -0.119. The fraction of sp³-hybridized carbons (Fsp3) is 0.118. The molecule has 0 spiro atoms. The molecular formula is C17H13ClN2O4S. The second-order valence-electron chi connectivity index (χ2n) is 4.73.